The SMILES string of the molecule is CCOC1CC=CCC1Br. The zero-order valence-electron chi connectivity index (χ0n) is 6.22. The van der Waals surface area contributed by atoms with Crippen molar-refractivity contribution >= 4 is 15.9 Å². The van der Waals surface area contributed by atoms with Crippen LogP contribution >= 0.6 is 15.9 Å². The summed E-state index contributed by atoms with van der Waals surface area (Å²) >= 11 is 3.58. The summed E-state index contributed by atoms with van der Waals surface area (Å²) in [5.41, 5.74) is 0. The standard InChI is InChI=1S/C8H13BrO/c1-2-10-8-6-4-3-5-7(8)9/h3-4,7-8H,2,5-6H2,1H3. The third-order valence-electron chi connectivity index (χ3n) is 1.68. The minimum absolute atomic E-state index is 0.398. The first-order valence-electron chi connectivity index (χ1n) is 3.75. The Bertz CT molecular complexity index is 122. The second-order valence-electron chi connectivity index (χ2n) is 2.45. The van der Waals surface area contributed by atoms with Crippen LogP contribution in [0.3, 0.4) is 0 Å². The Kier molecular flexibility index (Phi) is 3.43. The van der Waals surface area contributed by atoms with Crippen LogP contribution in [0, 0.1) is 0 Å². The molecule has 0 aromatic carbocycles. The van der Waals surface area contributed by atoms with E-state index in [0.717, 1.165) is 19.4 Å². The van der Waals surface area contributed by atoms with E-state index < -0.39 is 0 Å². The van der Waals surface area contributed by atoms with Gasteiger partial charge in [-0.3, -0.25) is 0 Å². The van der Waals surface area contributed by atoms with Gasteiger partial charge in [0.05, 0.1) is 6.10 Å². The number of halogens is 1. The number of hydrogen-bond acceptors (Lipinski definition) is 1. The fourth-order valence-corrected chi connectivity index (χ4v) is 1.73. The van der Waals surface area contributed by atoms with Crippen LogP contribution in [0.4, 0.5) is 0 Å². The molecular formula is C8H13BrO. The summed E-state index contributed by atoms with van der Waals surface area (Å²) in [6, 6.07) is 0. The van der Waals surface area contributed by atoms with Crippen LogP contribution in [0.25, 0.3) is 0 Å². The maximum absolute atomic E-state index is 5.50. The summed E-state index contributed by atoms with van der Waals surface area (Å²) < 4.78 is 5.50. The Labute approximate surface area is 70.6 Å². The largest absolute Gasteiger partial charge is 0.377 e. The molecule has 0 fully saturated rings. The lowest BCUT2D eigenvalue weighted by molar-refractivity contribution is 0.0626. The number of rotatable bonds is 2. The highest BCUT2D eigenvalue weighted by atomic mass is 79.9. The molecule has 2 unspecified atom stereocenters. The monoisotopic (exact) mass is 204 g/mol. The van der Waals surface area contributed by atoms with Gasteiger partial charge in [-0.05, 0) is 19.8 Å². The molecule has 0 saturated carbocycles. The van der Waals surface area contributed by atoms with Crippen molar-refractivity contribution in [3.05, 3.63) is 12.2 Å². The van der Waals surface area contributed by atoms with Crippen LogP contribution in [0.2, 0.25) is 0 Å². The van der Waals surface area contributed by atoms with E-state index >= 15 is 0 Å². The smallest absolute Gasteiger partial charge is 0.0737 e. The molecule has 0 radical (unpaired) electrons. The number of alkyl halides is 1. The summed E-state index contributed by atoms with van der Waals surface area (Å²) in [4.78, 5) is 0.525. The van der Waals surface area contributed by atoms with Gasteiger partial charge in [-0.25, -0.2) is 0 Å². The Morgan fingerprint density at radius 3 is 2.80 bits per heavy atom. The van der Waals surface area contributed by atoms with Gasteiger partial charge < -0.3 is 4.74 Å². The summed E-state index contributed by atoms with van der Waals surface area (Å²) in [5.74, 6) is 0. The molecule has 0 saturated heterocycles. The van der Waals surface area contributed by atoms with Crippen molar-refractivity contribution in [1.82, 2.24) is 0 Å². The third kappa shape index (κ3) is 2.10. The molecule has 0 bridgehead atoms. The summed E-state index contributed by atoms with van der Waals surface area (Å²) in [7, 11) is 0. The molecule has 0 N–H and O–H groups in total. The van der Waals surface area contributed by atoms with E-state index in [9.17, 15) is 0 Å². The second-order valence-corrected chi connectivity index (χ2v) is 3.63. The van der Waals surface area contributed by atoms with Gasteiger partial charge in [0, 0.05) is 11.4 Å². The van der Waals surface area contributed by atoms with E-state index in [-0.39, 0.29) is 0 Å². The lowest BCUT2D eigenvalue weighted by Crippen LogP contribution is -2.25. The van der Waals surface area contributed by atoms with Crippen molar-refractivity contribution < 1.29 is 4.74 Å². The summed E-state index contributed by atoms with van der Waals surface area (Å²) in [6.45, 7) is 2.86. The fraction of sp³-hybridized carbons (Fsp3) is 0.750. The number of ether oxygens (including phenoxy) is 1. The topological polar surface area (TPSA) is 9.23 Å². The Morgan fingerprint density at radius 2 is 2.20 bits per heavy atom. The minimum atomic E-state index is 0.398. The molecule has 2 heteroatoms. The van der Waals surface area contributed by atoms with Crippen LogP contribution in [-0.4, -0.2) is 17.5 Å². The molecule has 0 aromatic heterocycles. The molecule has 0 aromatic rings. The number of allylic oxidation sites excluding steroid dienone is 1. The van der Waals surface area contributed by atoms with Crippen LogP contribution in [0.5, 0.6) is 0 Å². The predicted molar refractivity (Wildman–Crippen MR) is 46.5 cm³/mol. The van der Waals surface area contributed by atoms with E-state index in [1.54, 1.807) is 0 Å². The van der Waals surface area contributed by atoms with Crippen molar-refractivity contribution in [3.8, 4) is 0 Å². The minimum Gasteiger partial charge on any atom is -0.377 e. The van der Waals surface area contributed by atoms with Gasteiger partial charge in [0.1, 0.15) is 0 Å². The first kappa shape index (κ1) is 8.28. The zero-order valence-corrected chi connectivity index (χ0v) is 7.80. The molecule has 10 heavy (non-hydrogen) atoms. The van der Waals surface area contributed by atoms with Crippen molar-refractivity contribution in [1.29, 1.82) is 0 Å². The van der Waals surface area contributed by atoms with Gasteiger partial charge in [0.25, 0.3) is 0 Å². The highest BCUT2D eigenvalue weighted by Gasteiger charge is 2.18. The second kappa shape index (κ2) is 4.14. The maximum Gasteiger partial charge on any atom is 0.0737 e. The lowest BCUT2D eigenvalue weighted by Gasteiger charge is -2.23. The first-order valence-corrected chi connectivity index (χ1v) is 4.67. The highest BCUT2D eigenvalue weighted by Crippen LogP contribution is 2.21. The molecule has 1 aliphatic rings. The number of hydrogen-bond donors (Lipinski definition) is 0. The molecule has 0 amide bonds. The van der Waals surface area contributed by atoms with E-state index in [4.69, 9.17) is 4.74 Å². The van der Waals surface area contributed by atoms with Crippen LogP contribution in [0.15, 0.2) is 12.2 Å². The third-order valence-corrected chi connectivity index (χ3v) is 2.64. The zero-order chi connectivity index (χ0) is 7.40. The van der Waals surface area contributed by atoms with E-state index in [1.165, 1.54) is 0 Å². The van der Waals surface area contributed by atoms with Gasteiger partial charge in [0.2, 0.25) is 0 Å². The molecular weight excluding hydrogens is 192 g/mol. The van der Waals surface area contributed by atoms with Gasteiger partial charge in [-0.1, -0.05) is 28.1 Å². The maximum atomic E-state index is 5.50. The van der Waals surface area contributed by atoms with Crippen molar-refractivity contribution in [2.45, 2.75) is 30.7 Å². The molecule has 1 nitrogen and oxygen atoms in total. The van der Waals surface area contributed by atoms with Crippen LogP contribution in [0.1, 0.15) is 19.8 Å². The fourth-order valence-electron chi connectivity index (χ4n) is 1.14. The predicted octanol–water partition coefficient (Wildman–Crippen LogP) is 2.51. The Balaban J connectivity index is 2.35. The van der Waals surface area contributed by atoms with E-state index in [2.05, 4.69) is 28.1 Å². The lowest BCUT2D eigenvalue weighted by atomic mass is 10.0. The summed E-state index contributed by atoms with van der Waals surface area (Å²) in [5, 5.41) is 0. The normalized spacial score (nSPS) is 32.6. The first-order chi connectivity index (χ1) is 4.84. The molecule has 58 valence electrons. The molecule has 0 spiro atoms. The van der Waals surface area contributed by atoms with Crippen LogP contribution in [-0.2, 0) is 4.74 Å². The van der Waals surface area contributed by atoms with Gasteiger partial charge in [-0.2, -0.15) is 0 Å². The molecule has 0 heterocycles. The van der Waals surface area contributed by atoms with E-state index in [1.807, 2.05) is 6.92 Å². The Morgan fingerprint density at radius 1 is 1.50 bits per heavy atom. The molecule has 2 atom stereocenters. The van der Waals surface area contributed by atoms with Crippen molar-refractivity contribution in [2.75, 3.05) is 6.61 Å². The quantitative estimate of drug-likeness (QED) is 0.497. The van der Waals surface area contributed by atoms with Crippen LogP contribution < -0.4 is 0 Å². The molecule has 1 aliphatic carbocycles. The summed E-state index contributed by atoms with van der Waals surface area (Å²) in [6.07, 6.45) is 6.96. The average molecular weight is 205 g/mol. The highest BCUT2D eigenvalue weighted by molar-refractivity contribution is 9.09. The Hall–Kier alpha value is 0.180. The van der Waals surface area contributed by atoms with Crippen molar-refractivity contribution in [3.63, 3.8) is 0 Å². The van der Waals surface area contributed by atoms with Gasteiger partial charge >= 0.3 is 0 Å². The van der Waals surface area contributed by atoms with Gasteiger partial charge in [0.15, 0.2) is 0 Å². The van der Waals surface area contributed by atoms with Crippen molar-refractivity contribution in [2.24, 2.45) is 0 Å². The van der Waals surface area contributed by atoms with Gasteiger partial charge in [-0.15, -0.1) is 0 Å². The van der Waals surface area contributed by atoms with E-state index in [0.29, 0.717) is 10.9 Å². The molecule has 1 rings (SSSR count). The average Bonchev–Trinajstić information content (AvgIpc) is 1.94. The molecule has 0 aliphatic heterocycles.